The van der Waals surface area contributed by atoms with Crippen LogP contribution in [0.3, 0.4) is 0 Å². The minimum Gasteiger partial charge on any atom is -0.481 e. The summed E-state index contributed by atoms with van der Waals surface area (Å²) in [6.07, 6.45) is 1.12. The molecule has 0 aromatic carbocycles. The lowest BCUT2D eigenvalue weighted by molar-refractivity contribution is -0.150. The number of likely N-dealkylation sites (tertiary alicyclic amines) is 1. The summed E-state index contributed by atoms with van der Waals surface area (Å²) in [5, 5.41) is 9.18. The number of nitrogens with zero attached hydrogens (tertiary/aromatic N) is 2. The average molecular weight is 270 g/mol. The van der Waals surface area contributed by atoms with Crippen molar-refractivity contribution in [3.8, 4) is 0 Å². The highest BCUT2D eigenvalue weighted by Gasteiger charge is 2.39. The summed E-state index contributed by atoms with van der Waals surface area (Å²) in [5.74, 6) is -0.764. The molecule has 0 aromatic rings. The number of urea groups is 1. The molecule has 6 heteroatoms. The Hall–Kier alpha value is -1.30. The summed E-state index contributed by atoms with van der Waals surface area (Å²) >= 11 is 0. The largest absolute Gasteiger partial charge is 0.481 e. The summed E-state index contributed by atoms with van der Waals surface area (Å²) < 4.78 is 5.42. The van der Waals surface area contributed by atoms with Gasteiger partial charge in [0.05, 0.1) is 18.1 Å². The summed E-state index contributed by atoms with van der Waals surface area (Å²) in [6, 6.07) is 0.0163. The fourth-order valence-electron chi connectivity index (χ4n) is 2.60. The quantitative estimate of drug-likeness (QED) is 0.772. The lowest BCUT2D eigenvalue weighted by Crippen LogP contribution is -2.53. The molecule has 0 bridgehead atoms. The molecule has 108 valence electrons. The molecule has 2 fully saturated rings. The molecule has 0 aliphatic carbocycles. The zero-order valence-corrected chi connectivity index (χ0v) is 11.6. The number of carboxylic acid groups (broad SMARTS) is 1. The molecular weight excluding hydrogens is 248 g/mol. The summed E-state index contributed by atoms with van der Waals surface area (Å²) in [5.41, 5.74) is -0.685. The van der Waals surface area contributed by atoms with Gasteiger partial charge < -0.3 is 19.6 Å². The van der Waals surface area contributed by atoms with Gasteiger partial charge in [-0.2, -0.15) is 0 Å². The minimum absolute atomic E-state index is 0.0163. The third kappa shape index (κ3) is 3.00. The average Bonchev–Trinajstić information content (AvgIpc) is 2.38. The van der Waals surface area contributed by atoms with Crippen LogP contribution in [0.1, 0.15) is 26.7 Å². The fraction of sp³-hybridized carbons (Fsp3) is 0.846. The van der Waals surface area contributed by atoms with Crippen LogP contribution in [-0.4, -0.2) is 65.8 Å². The minimum atomic E-state index is -0.764. The third-order valence-electron chi connectivity index (χ3n) is 4.17. The lowest BCUT2D eigenvalue weighted by atomic mass is 9.80. The number of ether oxygens (including phenoxy) is 1. The highest BCUT2D eigenvalue weighted by Crippen LogP contribution is 2.31. The topological polar surface area (TPSA) is 70.1 Å². The van der Waals surface area contributed by atoms with Crippen LogP contribution in [0.2, 0.25) is 0 Å². The third-order valence-corrected chi connectivity index (χ3v) is 4.17. The first-order valence-corrected chi connectivity index (χ1v) is 6.81. The second kappa shape index (κ2) is 5.36. The maximum Gasteiger partial charge on any atom is 0.320 e. The normalized spacial score (nSPS) is 27.2. The number of carbonyl (C=O) groups excluding carboxylic acids is 1. The van der Waals surface area contributed by atoms with Crippen LogP contribution in [-0.2, 0) is 9.53 Å². The van der Waals surface area contributed by atoms with E-state index >= 15 is 0 Å². The molecule has 2 heterocycles. The second-order valence-corrected chi connectivity index (χ2v) is 5.76. The van der Waals surface area contributed by atoms with Crippen LogP contribution in [0.4, 0.5) is 4.79 Å². The van der Waals surface area contributed by atoms with Crippen LogP contribution >= 0.6 is 0 Å². The van der Waals surface area contributed by atoms with Crippen molar-refractivity contribution in [1.29, 1.82) is 0 Å². The number of rotatable bonds is 1. The van der Waals surface area contributed by atoms with Crippen molar-refractivity contribution in [2.75, 3.05) is 32.8 Å². The molecule has 1 N–H and O–H groups in total. The first-order valence-electron chi connectivity index (χ1n) is 6.81. The van der Waals surface area contributed by atoms with E-state index in [4.69, 9.17) is 4.74 Å². The smallest absolute Gasteiger partial charge is 0.320 e. The molecule has 0 spiro atoms. The first kappa shape index (κ1) is 14.1. The molecule has 1 unspecified atom stereocenters. The second-order valence-electron chi connectivity index (χ2n) is 5.76. The SMILES string of the molecule is CC1CN(C(=O)N2CCC(C)(C(=O)O)CC2)CCO1. The standard InChI is InChI=1S/C13H22N2O4/c1-10-9-15(7-8-19-10)12(18)14-5-3-13(2,4-6-14)11(16)17/h10H,3-9H2,1-2H3,(H,16,17). The van der Waals surface area contributed by atoms with E-state index in [-0.39, 0.29) is 12.1 Å². The van der Waals surface area contributed by atoms with Gasteiger partial charge in [-0.3, -0.25) is 4.79 Å². The van der Waals surface area contributed by atoms with Crippen molar-refractivity contribution < 1.29 is 19.4 Å². The zero-order chi connectivity index (χ0) is 14.0. The Morgan fingerprint density at radius 2 is 1.84 bits per heavy atom. The summed E-state index contributed by atoms with van der Waals surface area (Å²) in [7, 11) is 0. The van der Waals surface area contributed by atoms with Gasteiger partial charge in [0, 0.05) is 26.2 Å². The van der Waals surface area contributed by atoms with Crippen molar-refractivity contribution in [3.05, 3.63) is 0 Å². The van der Waals surface area contributed by atoms with Gasteiger partial charge in [0.2, 0.25) is 0 Å². The number of amides is 2. The molecule has 6 nitrogen and oxygen atoms in total. The molecule has 2 amide bonds. The Bertz CT molecular complexity index is 364. The van der Waals surface area contributed by atoms with Gasteiger partial charge in [0.25, 0.3) is 0 Å². The highest BCUT2D eigenvalue weighted by molar-refractivity contribution is 5.77. The molecule has 2 saturated heterocycles. The molecule has 19 heavy (non-hydrogen) atoms. The lowest BCUT2D eigenvalue weighted by Gasteiger charge is -2.40. The van der Waals surface area contributed by atoms with Crippen molar-refractivity contribution in [1.82, 2.24) is 9.80 Å². The maximum absolute atomic E-state index is 12.3. The molecule has 1 atom stereocenters. The molecule has 0 radical (unpaired) electrons. The predicted molar refractivity (Wildman–Crippen MR) is 68.9 cm³/mol. The number of hydrogen-bond acceptors (Lipinski definition) is 3. The summed E-state index contributed by atoms with van der Waals surface area (Å²) in [4.78, 5) is 27.1. The molecule has 2 aliphatic rings. The number of carboxylic acids is 1. The van der Waals surface area contributed by atoms with E-state index in [0.717, 1.165) is 0 Å². The molecule has 0 aromatic heterocycles. The predicted octanol–water partition coefficient (Wildman–Crippen LogP) is 1.01. The molecular formula is C13H22N2O4. The van der Waals surface area contributed by atoms with Crippen LogP contribution in [0, 0.1) is 5.41 Å². The van der Waals surface area contributed by atoms with Crippen LogP contribution in [0.25, 0.3) is 0 Å². The number of hydrogen-bond donors (Lipinski definition) is 1. The number of aliphatic carboxylic acids is 1. The van der Waals surface area contributed by atoms with Gasteiger partial charge in [-0.25, -0.2) is 4.79 Å². The van der Waals surface area contributed by atoms with E-state index < -0.39 is 11.4 Å². The molecule has 2 aliphatic heterocycles. The van der Waals surface area contributed by atoms with E-state index in [1.54, 1.807) is 16.7 Å². The van der Waals surface area contributed by atoms with Crippen molar-refractivity contribution >= 4 is 12.0 Å². The van der Waals surface area contributed by atoms with Crippen LogP contribution < -0.4 is 0 Å². The summed E-state index contributed by atoms with van der Waals surface area (Å²) in [6.45, 7) is 6.57. The van der Waals surface area contributed by atoms with E-state index in [2.05, 4.69) is 0 Å². The van der Waals surface area contributed by atoms with Gasteiger partial charge in [0.1, 0.15) is 0 Å². The van der Waals surface area contributed by atoms with Gasteiger partial charge >= 0.3 is 12.0 Å². The van der Waals surface area contributed by atoms with Gasteiger partial charge in [-0.05, 0) is 26.7 Å². The molecule has 2 rings (SSSR count). The van der Waals surface area contributed by atoms with E-state index in [9.17, 15) is 14.7 Å². The van der Waals surface area contributed by atoms with E-state index in [1.165, 1.54) is 0 Å². The Morgan fingerprint density at radius 3 is 2.37 bits per heavy atom. The Balaban J connectivity index is 1.90. The number of piperidine rings is 1. The fourth-order valence-corrected chi connectivity index (χ4v) is 2.60. The van der Waals surface area contributed by atoms with Crippen LogP contribution in [0.5, 0.6) is 0 Å². The van der Waals surface area contributed by atoms with Gasteiger partial charge in [-0.15, -0.1) is 0 Å². The van der Waals surface area contributed by atoms with Crippen molar-refractivity contribution in [2.24, 2.45) is 5.41 Å². The van der Waals surface area contributed by atoms with Gasteiger partial charge in [0.15, 0.2) is 0 Å². The molecule has 0 saturated carbocycles. The monoisotopic (exact) mass is 270 g/mol. The highest BCUT2D eigenvalue weighted by atomic mass is 16.5. The Morgan fingerprint density at radius 1 is 1.21 bits per heavy atom. The maximum atomic E-state index is 12.3. The van der Waals surface area contributed by atoms with Gasteiger partial charge in [-0.1, -0.05) is 0 Å². The Kier molecular flexibility index (Phi) is 3.99. The van der Waals surface area contributed by atoms with E-state index in [1.807, 2.05) is 6.92 Å². The van der Waals surface area contributed by atoms with Crippen molar-refractivity contribution in [2.45, 2.75) is 32.8 Å². The zero-order valence-electron chi connectivity index (χ0n) is 11.6. The van der Waals surface area contributed by atoms with E-state index in [0.29, 0.717) is 45.6 Å². The first-order chi connectivity index (χ1) is 8.92. The van der Waals surface area contributed by atoms with Crippen LogP contribution in [0.15, 0.2) is 0 Å². The van der Waals surface area contributed by atoms with Crippen molar-refractivity contribution in [3.63, 3.8) is 0 Å². The Labute approximate surface area is 113 Å². The number of carbonyl (C=O) groups is 2. The number of morpholine rings is 1.